The number of rotatable bonds is 3. The minimum Gasteiger partial charge on any atom is -0.497 e. The third-order valence-electron chi connectivity index (χ3n) is 8.88. The van der Waals surface area contributed by atoms with Crippen molar-refractivity contribution in [1.29, 1.82) is 0 Å². The number of methoxy groups -OCH3 is 2. The van der Waals surface area contributed by atoms with Crippen LogP contribution in [0.3, 0.4) is 0 Å². The Kier molecular flexibility index (Phi) is 3.76. The number of carbonyl (C=O) groups excluding carboxylic acids is 3. The van der Waals surface area contributed by atoms with Crippen molar-refractivity contribution in [2.75, 3.05) is 14.2 Å². The fourth-order valence-corrected chi connectivity index (χ4v) is 7.32. The monoisotopic (exact) mass is 509 g/mol. The molecular weight excluding hydrogens is 486 g/mol. The summed E-state index contributed by atoms with van der Waals surface area (Å²) in [6.07, 6.45) is 0.908. The molecule has 38 heavy (non-hydrogen) atoms. The molecule has 5 N–H and O–H groups in total. The van der Waals surface area contributed by atoms with Gasteiger partial charge in [0.05, 0.1) is 42.4 Å². The van der Waals surface area contributed by atoms with Gasteiger partial charge in [-0.3, -0.25) is 19.7 Å². The molecule has 3 atom stereocenters. The highest BCUT2D eigenvalue weighted by molar-refractivity contribution is 6.39. The molecule has 8 rings (SSSR count). The molecule has 10 nitrogen and oxygen atoms in total. The number of hydrogen-bond acceptors (Lipinski definition) is 6. The van der Waals surface area contributed by atoms with Gasteiger partial charge in [0.15, 0.2) is 0 Å². The predicted molar refractivity (Wildman–Crippen MR) is 141 cm³/mol. The highest BCUT2D eigenvalue weighted by atomic mass is 16.5. The molecule has 0 radical (unpaired) electrons. The Balaban J connectivity index is 1.72. The quantitative estimate of drug-likeness (QED) is 0.319. The molecule has 5 aromatic rings. The molecule has 2 aliphatic heterocycles. The minimum atomic E-state index is -1.31. The fourth-order valence-electron chi connectivity index (χ4n) is 7.32. The van der Waals surface area contributed by atoms with Crippen molar-refractivity contribution < 1.29 is 23.9 Å². The number of imide groups is 1. The van der Waals surface area contributed by atoms with E-state index in [1.54, 1.807) is 14.2 Å². The minimum absolute atomic E-state index is 0.152. The number of amides is 3. The second kappa shape index (κ2) is 6.65. The van der Waals surface area contributed by atoms with Gasteiger partial charge in [0.25, 0.3) is 11.8 Å². The van der Waals surface area contributed by atoms with Gasteiger partial charge in [-0.15, -0.1) is 0 Å². The molecule has 2 bridgehead atoms. The maximum atomic E-state index is 13.4. The number of ether oxygens (including phenoxy) is 2. The third-order valence-corrected chi connectivity index (χ3v) is 8.88. The van der Waals surface area contributed by atoms with Gasteiger partial charge in [-0.2, -0.15) is 0 Å². The molecule has 10 heteroatoms. The molecular formula is C28H23N5O5. The number of aromatic nitrogens is 2. The second-order valence-electron chi connectivity index (χ2n) is 10.5. The number of hydrogen-bond donors (Lipinski definition) is 3. The summed E-state index contributed by atoms with van der Waals surface area (Å²) < 4.78 is 15.3. The van der Waals surface area contributed by atoms with Crippen molar-refractivity contribution in [2.24, 2.45) is 11.5 Å². The van der Waals surface area contributed by atoms with Crippen LogP contribution >= 0.6 is 0 Å². The van der Waals surface area contributed by atoms with Crippen molar-refractivity contribution in [3.63, 3.8) is 0 Å². The normalized spacial score (nSPS) is 23.6. The lowest BCUT2D eigenvalue weighted by Crippen LogP contribution is -2.55. The third kappa shape index (κ3) is 2.22. The van der Waals surface area contributed by atoms with Gasteiger partial charge < -0.3 is 30.1 Å². The van der Waals surface area contributed by atoms with E-state index in [2.05, 4.69) is 14.5 Å². The van der Waals surface area contributed by atoms with Crippen LogP contribution in [-0.2, 0) is 4.79 Å². The molecule has 1 fully saturated rings. The van der Waals surface area contributed by atoms with E-state index in [4.69, 9.17) is 20.9 Å². The van der Waals surface area contributed by atoms with E-state index in [1.807, 2.05) is 36.4 Å². The molecule has 3 aliphatic rings. The predicted octanol–water partition coefficient (Wildman–Crippen LogP) is 2.88. The molecule has 190 valence electrons. The number of nitrogens with two attached hydrogens (primary N) is 2. The van der Waals surface area contributed by atoms with Crippen LogP contribution in [0.1, 0.15) is 45.6 Å². The van der Waals surface area contributed by atoms with Crippen molar-refractivity contribution in [2.45, 2.75) is 30.5 Å². The van der Waals surface area contributed by atoms with E-state index < -0.39 is 29.3 Å². The maximum absolute atomic E-state index is 13.4. The number of benzene rings is 3. The smallest absolute Gasteiger partial charge is 0.259 e. The number of nitrogens with zero attached hydrogens (tertiary/aromatic N) is 2. The number of carbonyl (C=O) groups is 3. The first-order valence-corrected chi connectivity index (χ1v) is 12.4. The summed E-state index contributed by atoms with van der Waals surface area (Å²) in [6, 6.07) is 10.7. The average Bonchev–Trinajstić information content (AvgIpc) is 3.58. The first-order valence-electron chi connectivity index (χ1n) is 12.4. The maximum Gasteiger partial charge on any atom is 0.259 e. The van der Waals surface area contributed by atoms with Crippen LogP contribution in [0.5, 0.6) is 11.5 Å². The summed E-state index contributed by atoms with van der Waals surface area (Å²) in [5, 5.41) is 5.39. The highest BCUT2D eigenvalue weighted by Gasteiger charge is 2.54. The summed E-state index contributed by atoms with van der Waals surface area (Å²) in [6.45, 7) is 0. The average molecular weight is 510 g/mol. The number of fused-ring (bicyclic) bond motifs is 13. The second-order valence-corrected chi connectivity index (χ2v) is 10.5. The van der Waals surface area contributed by atoms with Crippen LogP contribution in [0, 0.1) is 0 Å². The molecule has 1 saturated carbocycles. The SMILES string of the molecule is COc1ccc2c(c1)c1c3c(c4c5cc(OC)ccc5n5c4c1n2C1C[C@H]5C[C@@]1(N)C(N)=O)C(=O)NC3=O. The van der Waals surface area contributed by atoms with Crippen LogP contribution in [0.2, 0.25) is 0 Å². The highest BCUT2D eigenvalue weighted by Crippen LogP contribution is 2.56. The summed E-state index contributed by atoms with van der Waals surface area (Å²) >= 11 is 0. The molecule has 2 aromatic heterocycles. The van der Waals surface area contributed by atoms with Crippen molar-refractivity contribution in [3.8, 4) is 11.5 Å². The van der Waals surface area contributed by atoms with Gasteiger partial charge in [-0.25, -0.2) is 0 Å². The lowest BCUT2D eigenvalue weighted by atomic mass is 9.92. The van der Waals surface area contributed by atoms with E-state index >= 15 is 0 Å². The van der Waals surface area contributed by atoms with Crippen LogP contribution in [0.25, 0.3) is 43.6 Å². The van der Waals surface area contributed by atoms with Gasteiger partial charge >= 0.3 is 0 Å². The molecule has 0 spiro atoms. The first-order chi connectivity index (χ1) is 18.3. The number of nitrogens with one attached hydrogen (secondary N) is 1. The van der Waals surface area contributed by atoms with Gasteiger partial charge in [-0.05, 0) is 49.2 Å². The Labute approximate surface area is 215 Å². The Morgan fingerprint density at radius 2 is 1.45 bits per heavy atom. The summed E-state index contributed by atoms with van der Waals surface area (Å²) in [4.78, 5) is 39.7. The Morgan fingerprint density at radius 3 is 1.97 bits per heavy atom. The fraction of sp³-hybridized carbons (Fsp3) is 0.250. The zero-order valence-electron chi connectivity index (χ0n) is 20.6. The molecule has 3 aromatic carbocycles. The summed E-state index contributed by atoms with van der Waals surface area (Å²) in [5.74, 6) is -0.221. The number of primary amides is 1. The van der Waals surface area contributed by atoms with E-state index in [0.29, 0.717) is 46.2 Å². The van der Waals surface area contributed by atoms with E-state index in [-0.39, 0.29) is 6.04 Å². The van der Waals surface area contributed by atoms with Gasteiger partial charge in [0.2, 0.25) is 5.91 Å². The van der Waals surface area contributed by atoms with Crippen LogP contribution in [0.4, 0.5) is 0 Å². The van der Waals surface area contributed by atoms with E-state index in [0.717, 1.165) is 32.8 Å². The lowest BCUT2D eigenvalue weighted by molar-refractivity contribution is -0.124. The molecule has 1 unspecified atom stereocenters. The summed E-state index contributed by atoms with van der Waals surface area (Å²) in [7, 11) is 3.16. The van der Waals surface area contributed by atoms with Crippen molar-refractivity contribution >= 4 is 61.3 Å². The Hall–Kier alpha value is -4.57. The largest absolute Gasteiger partial charge is 0.497 e. The zero-order valence-corrected chi connectivity index (χ0v) is 20.6. The van der Waals surface area contributed by atoms with Gasteiger partial charge in [-0.1, -0.05) is 0 Å². The Bertz CT molecular complexity index is 1980. The standard InChI is InChI=1S/C28H23N5O5/c1-37-12-3-5-16-14(8-12)19-21-22(26(35)31-25(21)34)20-15-9-13(38-2)4-6-17(15)33-18-7-11(10-28(18,30)27(29)36)32(16)23(19)24(20)33/h3-6,8-9,11,18H,7,10,30H2,1-2H3,(H2,29,36)(H,31,34,35)/t11-,18?,28-/m0/s1. The van der Waals surface area contributed by atoms with Crippen molar-refractivity contribution in [1.82, 2.24) is 14.5 Å². The molecule has 0 saturated heterocycles. The topological polar surface area (TPSA) is 144 Å². The Morgan fingerprint density at radius 1 is 0.921 bits per heavy atom. The molecule has 3 amide bonds. The zero-order chi connectivity index (χ0) is 26.2. The van der Waals surface area contributed by atoms with Gasteiger partial charge in [0.1, 0.15) is 17.0 Å². The first kappa shape index (κ1) is 21.5. The summed E-state index contributed by atoms with van der Waals surface area (Å²) in [5.41, 5.74) is 15.4. The van der Waals surface area contributed by atoms with E-state index in [9.17, 15) is 14.4 Å². The van der Waals surface area contributed by atoms with Gasteiger partial charge in [0, 0.05) is 38.6 Å². The van der Waals surface area contributed by atoms with Crippen LogP contribution in [-0.4, -0.2) is 46.6 Å². The van der Waals surface area contributed by atoms with E-state index in [1.165, 1.54) is 0 Å². The van der Waals surface area contributed by atoms with Crippen molar-refractivity contribution in [3.05, 3.63) is 47.5 Å². The molecule has 1 aliphatic carbocycles. The van der Waals surface area contributed by atoms with Crippen LogP contribution in [0.15, 0.2) is 36.4 Å². The van der Waals surface area contributed by atoms with Crippen LogP contribution < -0.4 is 26.3 Å². The molecule has 4 heterocycles. The lowest BCUT2D eigenvalue weighted by Gasteiger charge is -2.31.